The molecule has 1 rings (SSSR count). The van der Waals surface area contributed by atoms with Crippen LogP contribution < -0.4 is 0 Å². The monoisotopic (exact) mass is 170 g/mol. The molecule has 1 aromatic rings. The predicted octanol–water partition coefficient (Wildman–Crippen LogP) is 2.25. The van der Waals surface area contributed by atoms with Crippen LogP contribution in [0, 0.1) is 0 Å². The van der Waals surface area contributed by atoms with Gasteiger partial charge in [0.25, 0.3) is 0 Å². The van der Waals surface area contributed by atoms with Crippen molar-refractivity contribution < 1.29 is 0 Å². The van der Waals surface area contributed by atoms with Gasteiger partial charge in [0.1, 0.15) is 11.0 Å². The van der Waals surface area contributed by atoms with E-state index in [0.29, 0.717) is 5.15 Å². The number of rotatable bonds is 2. The number of hydrogen-bond acceptors (Lipinski definition) is 2. The molecule has 0 N–H and O–H groups in total. The molecule has 1 heterocycles. The Kier molecular flexibility index (Phi) is 2.83. The Labute approximate surface area is 71.6 Å². The van der Waals surface area contributed by atoms with Gasteiger partial charge in [-0.15, -0.1) is 0 Å². The Morgan fingerprint density at radius 3 is 2.55 bits per heavy atom. The third kappa shape index (κ3) is 2.15. The van der Waals surface area contributed by atoms with Crippen LogP contribution in [0.15, 0.2) is 6.07 Å². The van der Waals surface area contributed by atoms with E-state index in [2.05, 4.69) is 16.9 Å². The SMILES string of the molecule is CCc1cc(Cl)nc(CC)n1. The van der Waals surface area contributed by atoms with Crippen LogP contribution in [-0.2, 0) is 12.8 Å². The number of halogens is 1. The topological polar surface area (TPSA) is 25.8 Å². The second-order valence-electron chi connectivity index (χ2n) is 2.31. The first-order chi connectivity index (χ1) is 5.26. The van der Waals surface area contributed by atoms with Crippen LogP contribution in [0.5, 0.6) is 0 Å². The van der Waals surface area contributed by atoms with Crippen LogP contribution in [0.2, 0.25) is 5.15 Å². The Bertz CT molecular complexity index is 226. The molecule has 0 unspecified atom stereocenters. The highest BCUT2D eigenvalue weighted by Crippen LogP contribution is 2.07. The van der Waals surface area contributed by atoms with Gasteiger partial charge in [0.05, 0.1) is 0 Å². The maximum Gasteiger partial charge on any atom is 0.133 e. The van der Waals surface area contributed by atoms with Crippen LogP contribution in [0.4, 0.5) is 0 Å². The first-order valence-corrected chi connectivity index (χ1v) is 4.16. The maximum atomic E-state index is 5.76. The van der Waals surface area contributed by atoms with Crippen molar-refractivity contribution >= 4 is 11.6 Å². The molecule has 0 atom stereocenters. The molecule has 0 saturated carbocycles. The van der Waals surface area contributed by atoms with E-state index in [0.717, 1.165) is 24.4 Å². The van der Waals surface area contributed by atoms with E-state index < -0.39 is 0 Å². The van der Waals surface area contributed by atoms with Gasteiger partial charge in [-0.05, 0) is 12.5 Å². The van der Waals surface area contributed by atoms with Crippen molar-refractivity contribution in [2.75, 3.05) is 0 Å². The lowest BCUT2D eigenvalue weighted by molar-refractivity contribution is 0.888. The number of nitrogens with zero attached hydrogens (tertiary/aromatic N) is 2. The summed E-state index contributed by atoms with van der Waals surface area (Å²) in [6.45, 7) is 4.07. The first kappa shape index (κ1) is 8.47. The summed E-state index contributed by atoms with van der Waals surface area (Å²) in [6, 6.07) is 1.81. The van der Waals surface area contributed by atoms with Gasteiger partial charge in [-0.1, -0.05) is 25.4 Å². The van der Waals surface area contributed by atoms with Gasteiger partial charge in [0, 0.05) is 12.1 Å². The van der Waals surface area contributed by atoms with E-state index in [9.17, 15) is 0 Å². The Balaban J connectivity index is 3.02. The van der Waals surface area contributed by atoms with E-state index >= 15 is 0 Å². The Morgan fingerprint density at radius 1 is 1.27 bits per heavy atom. The fraction of sp³-hybridized carbons (Fsp3) is 0.500. The second-order valence-corrected chi connectivity index (χ2v) is 2.69. The molecule has 0 aliphatic rings. The van der Waals surface area contributed by atoms with Crippen molar-refractivity contribution in [1.82, 2.24) is 9.97 Å². The summed E-state index contributed by atoms with van der Waals surface area (Å²) in [5.41, 5.74) is 1.02. The molecule has 0 bridgehead atoms. The molecule has 0 radical (unpaired) electrons. The fourth-order valence-electron chi connectivity index (χ4n) is 0.855. The average Bonchev–Trinajstić information content (AvgIpc) is 2.03. The van der Waals surface area contributed by atoms with Gasteiger partial charge in [-0.2, -0.15) is 0 Å². The molecule has 60 valence electrons. The van der Waals surface area contributed by atoms with E-state index in [1.54, 1.807) is 6.07 Å². The van der Waals surface area contributed by atoms with Gasteiger partial charge in [0.15, 0.2) is 0 Å². The summed E-state index contributed by atoms with van der Waals surface area (Å²) < 4.78 is 0. The van der Waals surface area contributed by atoms with E-state index in [-0.39, 0.29) is 0 Å². The molecular formula is C8H11ClN2. The van der Waals surface area contributed by atoms with Gasteiger partial charge in [-0.3, -0.25) is 0 Å². The summed E-state index contributed by atoms with van der Waals surface area (Å²) in [5, 5.41) is 0.550. The number of hydrogen-bond donors (Lipinski definition) is 0. The molecule has 0 saturated heterocycles. The van der Waals surface area contributed by atoms with Crippen LogP contribution in [-0.4, -0.2) is 9.97 Å². The van der Waals surface area contributed by atoms with Gasteiger partial charge in [0.2, 0.25) is 0 Å². The molecule has 11 heavy (non-hydrogen) atoms. The number of aryl methyl sites for hydroxylation is 2. The number of aromatic nitrogens is 2. The molecule has 0 aliphatic heterocycles. The molecule has 0 fully saturated rings. The minimum atomic E-state index is 0.550. The first-order valence-electron chi connectivity index (χ1n) is 3.78. The highest BCUT2D eigenvalue weighted by molar-refractivity contribution is 6.29. The van der Waals surface area contributed by atoms with E-state index in [4.69, 9.17) is 11.6 Å². The van der Waals surface area contributed by atoms with Crippen molar-refractivity contribution in [3.05, 3.63) is 22.7 Å². The van der Waals surface area contributed by atoms with Gasteiger partial charge in [-0.25, -0.2) is 9.97 Å². The summed E-state index contributed by atoms with van der Waals surface area (Å²) in [5.74, 6) is 0.828. The van der Waals surface area contributed by atoms with Crippen LogP contribution in [0.1, 0.15) is 25.4 Å². The molecular weight excluding hydrogens is 160 g/mol. The Morgan fingerprint density at radius 2 is 2.00 bits per heavy atom. The predicted molar refractivity (Wildman–Crippen MR) is 45.8 cm³/mol. The molecule has 0 spiro atoms. The lowest BCUT2D eigenvalue weighted by Gasteiger charge is -1.99. The second kappa shape index (κ2) is 3.67. The van der Waals surface area contributed by atoms with Crippen molar-refractivity contribution in [2.45, 2.75) is 26.7 Å². The summed E-state index contributed by atoms with van der Waals surface area (Å²) >= 11 is 5.76. The van der Waals surface area contributed by atoms with Crippen LogP contribution >= 0.6 is 11.6 Å². The molecule has 0 amide bonds. The largest absolute Gasteiger partial charge is 0.238 e. The third-order valence-corrected chi connectivity index (χ3v) is 1.67. The zero-order valence-electron chi connectivity index (χ0n) is 6.76. The highest BCUT2D eigenvalue weighted by atomic mass is 35.5. The van der Waals surface area contributed by atoms with Gasteiger partial charge < -0.3 is 0 Å². The normalized spacial score (nSPS) is 10.1. The summed E-state index contributed by atoms with van der Waals surface area (Å²) in [4.78, 5) is 8.33. The minimum absolute atomic E-state index is 0.550. The van der Waals surface area contributed by atoms with Crippen LogP contribution in [0.3, 0.4) is 0 Å². The van der Waals surface area contributed by atoms with E-state index in [1.807, 2.05) is 6.92 Å². The van der Waals surface area contributed by atoms with Gasteiger partial charge >= 0.3 is 0 Å². The quantitative estimate of drug-likeness (QED) is 0.637. The zero-order valence-corrected chi connectivity index (χ0v) is 7.52. The van der Waals surface area contributed by atoms with Crippen molar-refractivity contribution in [3.63, 3.8) is 0 Å². The highest BCUT2D eigenvalue weighted by Gasteiger charge is 1.98. The lowest BCUT2D eigenvalue weighted by Crippen LogP contribution is -1.97. The molecule has 2 nitrogen and oxygen atoms in total. The van der Waals surface area contributed by atoms with Crippen molar-refractivity contribution in [3.8, 4) is 0 Å². The average molecular weight is 171 g/mol. The lowest BCUT2D eigenvalue weighted by atomic mass is 10.3. The molecule has 1 aromatic heterocycles. The zero-order chi connectivity index (χ0) is 8.27. The van der Waals surface area contributed by atoms with E-state index in [1.165, 1.54) is 0 Å². The smallest absolute Gasteiger partial charge is 0.133 e. The summed E-state index contributed by atoms with van der Waals surface area (Å²) in [7, 11) is 0. The third-order valence-electron chi connectivity index (χ3n) is 1.47. The maximum absolute atomic E-state index is 5.76. The van der Waals surface area contributed by atoms with Crippen LogP contribution in [0.25, 0.3) is 0 Å². The molecule has 0 aliphatic carbocycles. The minimum Gasteiger partial charge on any atom is -0.238 e. The molecule has 0 aromatic carbocycles. The van der Waals surface area contributed by atoms with Crippen molar-refractivity contribution in [2.24, 2.45) is 0 Å². The molecule has 3 heteroatoms. The summed E-state index contributed by atoms with van der Waals surface area (Å²) in [6.07, 6.45) is 1.75. The Hall–Kier alpha value is -0.630. The fourth-order valence-corrected chi connectivity index (χ4v) is 1.08. The standard InChI is InChI=1S/C8H11ClN2/c1-3-6-5-7(9)11-8(4-2)10-6/h5H,3-4H2,1-2H3. The van der Waals surface area contributed by atoms with Crippen molar-refractivity contribution in [1.29, 1.82) is 0 Å².